The van der Waals surface area contributed by atoms with Gasteiger partial charge in [0.15, 0.2) is 5.13 Å². The highest BCUT2D eigenvalue weighted by atomic mass is 35.5. The summed E-state index contributed by atoms with van der Waals surface area (Å²) in [5.74, 6) is -0.0823. The van der Waals surface area contributed by atoms with E-state index in [-0.39, 0.29) is 12.3 Å². The number of anilines is 3. The summed E-state index contributed by atoms with van der Waals surface area (Å²) in [6.07, 6.45) is 2.22. The van der Waals surface area contributed by atoms with Crippen LogP contribution >= 0.6 is 34.7 Å². The molecule has 0 fully saturated rings. The van der Waals surface area contributed by atoms with Gasteiger partial charge in [-0.2, -0.15) is 0 Å². The van der Waals surface area contributed by atoms with E-state index in [4.69, 9.17) is 11.6 Å². The highest BCUT2D eigenvalue weighted by Gasteiger charge is 2.10. The summed E-state index contributed by atoms with van der Waals surface area (Å²) in [6, 6.07) is 15.2. The molecule has 0 aliphatic heterocycles. The minimum absolute atomic E-state index is 0.0823. The van der Waals surface area contributed by atoms with Crippen LogP contribution in [0, 0.1) is 0 Å². The van der Waals surface area contributed by atoms with E-state index in [0.29, 0.717) is 5.02 Å². The summed E-state index contributed by atoms with van der Waals surface area (Å²) >= 11 is 9.03. The van der Waals surface area contributed by atoms with E-state index in [2.05, 4.69) is 15.6 Å². The molecule has 1 heterocycles. The van der Waals surface area contributed by atoms with Crippen molar-refractivity contribution >= 4 is 57.1 Å². The van der Waals surface area contributed by atoms with Crippen LogP contribution in [0.15, 0.2) is 58.8 Å². The number of rotatable bonds is 6. The Morgan fingerprint density at radius 2 is 2.08 bits per heavy atom. The Kier molecular flexibility index (Phi) is 5.96. The fourth-order valence-electron chi connectivity index (χ4n) is 2.24. The van der Waals surface area contributed by atoms with Crippen LogP contribution in [-0.2, 0) is 11.2 Å². The predicted molar refractivity (Wildman–Crippen MR) is 107 cm³/mol. The molecule has 2 aromatic carbocycles. The molecule has 4 nitrogen and oxygen atoms in total. The Balaban J connectivity index is 1.62. The van der Waals surface area contributed by atoms with E-state index in [9.17, 15) is 4.79 Å². The number of thiazole rings is 1. The number of aromatic nitrogens is 1. The first kappa shape index (κ1) is 17.8. The highest BCUT2D eigenvalue weighted by molar-refractivity contribution is 7.98. The van der Waals surface area contributed by atoms with Gasteiger partial charge in [-0.25, -0.2) is 4.98 Å². The van der Waals surface area contributed by atoms with E-state index in [1.807, 2.05) is 60.2 Å². The van der Waals surface area contributed by atoms with Gasteiger partial charge in [0.25, 0.3) is 0 Å². The van der Waals surface area contributed by atoms with Gasteiger partial charge in [-0.05, 0) is 36.6 Å². The van der Waals surface area contributed by atoms with Gasteiger partial charge >= 0.3 is 0 Å². The van der Waals surface area contributed by atoms with Gasteiger partial charge < -0.3 is 10.6 Å². The van der Waals surface area contributed by atoms with Crippen molar-refractivity contribution in [3.63, 3.8) is 0 Å². The van der Waals surface area contributed by atoms with Crippen molar-refractivity contribution < 1.29 is 4.79 Å². The summed E-state index contributed by atoms with van der Waals surface area (Å²) in [7, 11) is 0. The third-order valence-electron chi connectivity index (χ3n) is 3.35. The first-order valence-electron chi connectivity index (χ1n) is 7.54. The number of para-hydroxylation sites is 1. The molecule has 2 N–H and O–H groups in total. The molecule has 3 rings (SSSR count). The molecule has 0 unspecified atom stereocenters. The lowest BCUT2D eigenvalue weighted by Gasteiger charge is -2.08. The van der Waals surface area contributed by atoms with E-state index in [1.54, 1.807) is 11.8 Å². The molecule has 0 saturated heterocycles. The van der Waals surface area contributed by atoms with E-state index >= 15 is 0 Å². The summed E-state index contributed by atoms with van der Waals surface area (Å²) < 4.78 is 0. The predicted octanol–water partition coefficient (Wildman–Crippen LogP) is 5.44. The normalized spacial score (nSPS) is 10.5. The monoisotopic (exact) mass is 389 g/mol. The number of benzene rings is 2. The molecule has 0 bridgehead atoms. The maximum absolute atomic E-state index is 12.3. The van der Waals surface area contributed by atoms with Crippen LogP contribution in [0.4, 0.5) is 16.5 Å². The maximum atomic E-state index is 12.3. The molecular weight excluding hydrogens is 374 g/mol. The minimum Gasteiger partial charge on any atom is -0.331 e. The van der Waals surface area contributed by atoms with Gasteiger partial charge in [-0.15, -0.1) is 23.1 Å². The maximum Gasteiger partial charge on any atom is 0.230 e. The first-order chi connectivity index (χ1) is 12.1. The smallest absolute Gasteiger partial charge is 0.230 e. The Hall–Kier alpha value is -2.02. The molecule has 0 aliphatic carbocycles. The van der Waals surface area contributed by atoms with Crippen LogP contribution in [-0.4, -0.2) is 17.1 Å². The Labute approximate surface area is 159 Å². The second kappa shape index (κ2) is 8.38. The molecule has 0 radical (unpaired) electrons. The summed E-state index contributed by atoms with van der Waals surface area (Å²) in [4.78, 5) is 17.8. The zero-order chi connectivity index (χ0) is 17.6. The summed E-state index contributed by atoms with van der Waals surface area (Å²) in [5.41, 5.74) is 2.42. The number of nitrogens with zero attached hydrogens (tertiary/aromatic N) is 1. The molecule has 1 amide bonds. The molecule has 0 atom stereocenters. The largest absolute Gasteiger partial charge is 0.331 e. The molecule has 128 valence electrons. The quantitative estimate of drug-likeness (QED) is 0.551. The van der Waals surface area contributed by atoms with Crippen molar-refractivity contribution in [2.75, 3.05) is 16.9 Å². The van der Waals surface area contributed by atoms with Gasteiger partial charge in [0, 0.05) is 21.0 Å². The highest BCUT2D eigenvalue weighted by Crippen LogP contribution is 2.26. The van der Waals surface area contributed by atoms with Crippen LogP contribution < -0.4 is 10.6 Å². The van der Waals surface area contributed by atoms with Crippen molar-refractivity contribution in [2.24, 2.45) is 0 Å². The fraction of sp³-hybridized carbons (Fsp3) is 0.111. The van der Waals surface area contributed by atoms with Crippen molar-refractivity contribution in [1.82, 2.24) is 4.98 Å². The lowest BCUT2D eigenvalue weighted by molar-refractivity contribution is -0.115. The Morgan fingerprint density at radius 1 is 1.24 bits per heavy atom. The molecule has 25 heavy (non-hydrogen) atoms. The first-order valence-corrected chi connectivity index (χ1v) is 10.0. The number of carbonyl (C=O) groups excluding carboxylic acids is 1. The minimum atomic E-state index is -0.0823. The molecule has 0 spiro atoms. The Morgan fingerprint density at radius 3 is 2.88 bits per heavy atom. The number of nitrogens with one attached hydrogen (secondary N) is 2. The third-order valence-corrected chi connectivity index (χ3v) is 5.19. The van der Waals surface area contributed by atoms with Crippen LogP contribution in [0.25, 0.3) is 0 Å². The molecule has 0 aliphatic rings. The van der Waals surface area contributed by atoms with Gasteiger partial charge in [0.05, 0.1) is 17.8 Å². The van der Waals surface area contributed by atoms with Crippen molar-refractivity contribution in [3.05, 3.63) is 64.6 Å². The molecule has 7 heteroatoms. The van der Waals surface area contributed by atoms with Crippen LogP contribution in [0.1, 0.15) is 5.69 Å². The van der Waals surface area contributed by atoms with Crippen LogP contribution in [0.5, 0.6) is 0 Å². The molecule has 3 aromatic rings. The molecule has 0 saturated carbocycles. The SMILES string of the molecule is CSc1ccccc1NC(=O)Cc1csc(Nc2cccc(Cl)c2)n1. The number of hydrogen-bond acceptors (Lipinski definition) is 5. The average molecular weight is 390 g/mol. The number of halogens is 1. The fourth-order valence-corrected chi connectivity index (χ4v) is 3.72. The van der Waals surface area contributed by atoms with Gasteiger partial charge in [0.1, 0.15) is 0 Å². The Bertz CT molecular complexity index is 882. The molecule has 1 aromatic heterocycles. The zero-order valence-corrected chi connectivity index (χ0v) is 15.8. The second-order valence-corrected chi connectivity index (χ2v) is 7.35. The van der Waals surface area contributed by atoms with E-state index in [0.717, 1.165) is 27.1 Å². The zero-order valence-electron chi connectivity index (χ0n) is 13.5. The number of thioether (sulfide) groups is 1. The summed E-state index contributed by atoms with van der Waals surface area (Å²) in [6.45, 7) is 0. The van der Waals surface area contributed by atoms with Crippen LogP contribution in [0.2, 0.25) is 5.02 Å². The third kappa shape index (κ3) is 4.98. The average Bonchev–Trinajstić information content (AvgIpc) is 3.02. The van der Waals surface area contributed by atoms with E-state index in [1.165, 1.54) is 11.3 Å². The second-order valence-electron chi connectivity index (χ2n) is 5.20. The number of hydrogen-bond donors (Lipinski definition) is 2. The van der Waals surface area contributed by atoms with E-state index < -0.39 is 0 Å². The van der Waals surface area contributed by atoms with Gasteiger partial charge in [0.2, 0.25) is 5.91 Å². The molecular formula is C18H16ClN3OS2. The summed E-state index contributed by atoms with van der Waals surface area (Å²) in [5, 5.41) is 9.41. The topological polar surface area (TPSA) is 54.0 Å². The lowest BCUT2D eigenvalue weighted by Crippen LogP contribution is -2.15. The van der Waals surface area contributed by atoms with Crippen molar-refractivity contribution in [2.45, 2.75) is 11.3 Å². The number of amides is 1. The van der Waals surface area contributed by atoms with Gasteiger partial charge in [-0.1, -0.05) is 29.8 Å². The van der Waals surface area contributed by atoms with Crippen LogP contribution in [0.3, 0.4) is 0 Å². The standard InChI is InChI=1S/C18H16ClN3OS2/c1-24-16-8-3-2-7-15(16)22-17(23)10-14-11-25-18(21-14)20-13-6-4-5-12(19)9-13/h2-9,11H,10H2,1H3,(H,20,21)(H,22,23). The van der Waals surface area contributed by atoms with Gasteiger partial charge in [-0.3, -0.25) is 4.79 Å². The van der Waals surface area contributed by atoms with Crippen molar-refractivity contribution in [3.8, 4) is 0 Å². The lowest BCUT2D eigenvalue weighted by atomic mass is 10.3. The van der Waals surface area contributed by atoms with Crippen molar-refractivity contribution in [1.29, 1.82) is 0 Å². The number of carbonyl (C=O) groups is 1.